The number of hydrogen-bond donors (Lipinski definition) is 1. The van der Waals surface area contributed by atoms with E-state index in [2.05, 4.69) is 5.32 Å². The molecule has 0 aliphatic carbocycles. The highest BCUT2D eigenvalue weighted by atomic mass is 35.5. The van der Waals surface area contributed by atoms with Crippen LogP contribution >= 0.6 is 11.6 Å². The van der Waals surface area contributed by atoms with Gasteiger partial charge in [0.1, 0.15) is 29.7 Å². The standard InChI is InChI=1S/C16H13ClN4O6/c1-26-13-5-12(14(27-2)4-11(13)17)19-15(22)8-20-7-10(21(24)25)3-9(6-18)16(20)23/h3-5,7H,8H2,1-2H3,(H,19,22). The first-order valence-electron chi connectivity index (χ1n) is 7.31. The van der Waals surface area contributed by atoms with Gasteiger partial charge in [-0.25, -0.2) is 0 Å². The Morgan fingerprint density at radius 2 is 2.00 bits per heavy atom. The van der Waals surface area contributed by atoms with Crippen LogP contribution < -0.4 is 20.3 Å². The van der Waals surface area contributed by atoms with E-state index in [4.69, 9.17) is 26.3 Å². The Morgan fingerprint density at radius 3 is 2.56 bits per heavy atom. The average molecular weight is 393 g/mol. The van der Waals surface area contributed by atoms with Gasteiger partial charge in [0, 0.05) is 18.2 Å². The Hall–Kier alpha value is -3.58. The predicted molar refractivity (Wildman–Crippen MR) is 95.3 cm³/mol. The highest BCUT2D eigenvalue weighted by molar-refractivity contribution is 6.32. The van der Waals surface area contributed by atoms with Crippen molar-refractivity contribution in [2.45, 2.75) is 6.54 Å². The number of ether oxygens (including phenoxy) is 2. The number of anilines is 1. The number of hydrogen-bond acceptors (Lipinski definition) is 7. The molecule has 0 spiro atoms. The molecule has 1 heterocycles. The van der Waals surface area contributed by atoms with Crippen molar-refractivity contribution in [3.05, 3.63) is 55.5 Å². The molecule has 0 unspecified atom stereocenters. The van der Waals surface area contributed by atoms with Crippen LogP contribution in [0.2, 0.25) is 5.02 Å². The third-order valence-electron chi connectivity index (χ3n) is 3.46. The van der Waals surface area contributed by atoms with Gasteiger partial charge in [0.25, 0.3) is 11.2 Å². The maximum Gasteiger partial charge on any atom is 0.287 e. The molecule has 0 saturated heterocycles. The lowest BCUT2D eigenvalue weighted by Crippen LogP contribution is -2.29. The Morgan fingerprint density at radius 1 is 1.33 bits per heavy atom. The van der Waals surface area contributed by atoms with Crippen LogP contribution in [0.5, 0.6) is 11.5 Å². The van der Waals surface area contributed by atoms with Crippen LogP contribution in [0.1, 0.15) is 5.56 Å². The first-order chi connectivity index (χ1) is 12.8. The van der Waals surface area contributed by atoms with Gasteiger partial charge in [-0.2, -0.15) is 5.26 Å². The van der Waals surface area contributed by atoms with Crippen LogP contribution in [-0.4, -0.2) is 29.6 Å². The topological polar surface area (TPSA) is 136 Å². The maximum atomic E-state index is 12.3. The van der Waals surface area contributed by atoms with Crippen molar-refractivity contribution in [1.82, 2.24) is 4.57 Å². The molecular formula is C16H13ClN4O6. The first kappa shape index (κ1) is 19.7. The number of nitrogens with zero attached hydrogens (tertiary/aromatic N) is 3. The van der Waals surface area contributed by atoms with Crippen molar-refractivity contribution in [1.29, 1.82) is 5.26 Å². The van der Waals surface area contributed by atoms with Crippen LogP contribution in [-0.2, 0) is 11.3 Å². The fourth-order valence-electron chi connectivity index (χ4n) is 2.22. The van der Waals surface area contributed by atoms with E-state index in [9.17, 15) is 19.7 Å². The molecule has 0 fully saturated rings. The van der Waals surface area contributed by atoms with Crippen molar-refractivity contribution in [2.75, 3.05) is 19.5 Å². The number of benzene rings is 1. The van der Waals surface area contributed by atoms with E-state index in [0.717, 1.165) is 16.8 Å². The van der Waals surface area contributed by atoms with Gasteiger partial charge in [0.2, 0.25) is 5.91 Å². The van der Waals surface area contributed by atoms with E-state index in [1.807, 2.05) is 0 Å². The Bertz CT molecular complexity index is 1010. The molecule has 1 aromatic carbocycles. The van der Waals surface area contributed by atoms with Crippen molar-refractivity contribution in [2.24, 2.45) is 0 Å². The highest BCUT2D eigenvalue weighted by Crippen LogP contribution is 2.35. The Balaban J connectivity index is 2.34. The van der Waals surface area contributed by atoms with Gasteiger partial charge in [-0.1, -0.05) is 11.6 Å². The molecule has 0 aliphatic heterocycles. The Kier molecular flexibility index (Phi) is 5.99. The SMILES string of the molecule is COc1cc(NC(=O)Cn2cc([N+](=O)[O-])cc(C#N)c2=O)c(OC)cc1Cl. The number of carbonyl (C=O) groups excluding carboxylic acids is 1. The average Bonchev–Trinajstić information content (AvgIpc) is 2.64. The number of pyridine rings is 1. The predicted octanol–water partition coefficient (Wildman–Crippen LogP) is 1.94. The molecule has 2 aromatic rings. The summed E-state index contributed by atoms with van der Waals surface area (Å²) in [5.41, 5.74) is -1.52. The molecule has 10 nitrogen and oxygen atoms in total. The van der Waals surface area contributed by atoms with Gasteiger partial charge in [-0.3, -0.25) is 24.3 Å². The van der Waals surface area contributed by atoms with Crippen LogP contribution in [0, 0.1) is 21.4 Å². The largest absolute Gasteiger partial charge is 0.495 e. The number of nitro groups is 1. The van der Waals surface area contributed by atoms with Gasteiger partial charge < -0.3 is 14.8 Å². The molecule has 2 rings (SSSR count). The second-order valence-electron chi connectivity index (χ2n) is 5.15. The van der Waals surface area contributed by atoms with Gasteiger partial charge in [0.05, 0.1) is 36.0 Å². The quantitative estimate of drug-likeness (QED) is 0.585. The molecule has 1 amide bonds. The number of aromatic nitrogens is 1. The number of carbonyl (C=O) groups is 1. The lowest BCUT2D eigenvalue weighted by atomic mass is 10.2. The van der Waals surface area contributed by atoms with E-state index in [1.165, 1.54) is 26.4 Å². The van der Waals surface area contributed by atoms with Gasteiger partial charge in [0.15, 0.2) is 0 Å². The third kappa shape index (κ3) is 4.34. The monoisotopic (exact) mass is 392 g/mol. The van der Waals surface area contributed by atoms with Crippen LogP contribution in [0.25, 0.3) is 0 Å². The van der Waals surface area contributed by atoms with Gasteiger partial charge in [-0.15, -0.1) is 0 Å². The molecule has 0 aliphatic rings. The lowest BCUT2D eigenvalue weighted by molar-refractivity contribution is -0.385. The van der Waals surface area contributed by atoms with E-state index >= 15 is 0 Å². The summed E-state index contributed by atoms with van der Waals surface area (Å²) >= 11 is 5.99. The van der Waals surface area contributed by atoms with E-state index in [-0.39, 0.29) is 22.2 Å². The zero-order chi connectivity index (χ0) is 20.1. The molecule has 0 radical (unpaired) electrons. The molecular weight excluding hydrogens is 380 g/mol. The van der Waals surface area contributed by atoms with Gasteiger partial charge in [-0.05, 0) is 0 Å². The minimum Gasteiger partial charge on any atom is -0.495 e. The number of rotatable bonds is 6. The summed E-state index contributed by atoms with van der Waals surface area (Å²) in [4.78, 5) is 34.6. The minimum atomic E-state index is -0.820. The summed E-state index contributed by atoms with van der Waals surface area (Å²) in [7, 11) is 2.77. The minimum absolute atomic E-state index is 0.225. The molecule has 1 N–H and O–H groups in total. The molecule has 0 atom stereocenters. The normalized spacial score (nSPS) is 10.0. The van der Waals surface area contributed by atoms with Crippen LogP contribution in [0.4, 0.5) is 11.4 Å². The fourth-order valence-corrected chi connectivity index (χ4v) is 2.45. The number of methoxy groups -OCH3 is 2. The van der Waals surface area contributed by atoms with Crippen molar-refractivity contribution < 1.29 is 19.2 Å². The summed E-state index contributed by atoms with van der Waals surface area (Å²) in [5.74, 6) is -0.144. The summed E-state index contributed by atoms with van der Waals surface area (Å²) in [6, 6.07) is 5.28. The second-order valence-corrected chi connectivity index (χ2v) is 5.56. The first-order valence-corrected chi connectivity index (χ1v) is 7.68. The number of amides is 1. The van der Waals surface area contributed by atoms with Gasteiger partial charge >= 0.3 is 0 Å². The van der Waals surface area contributed by atoms with Crippen LogP contribution in [0.15, 0.2) is 29.2 Å². The molecule has 0 bridgehead atoms. The number of nitrogens with one attached hydrogen (secondary N) is 1. The molecule has 140 valence electrons. The smallest absolute Gasteiger partial charge is 0.287 e. The highest BCUT2D eigenvalue weighted by Gasteiger charge is 2.17. The molecule has 27 heavy (non-hydrogen) atoms. The van der Waals surface area contributed by atoms with Crippen molar-refractivity contribution >= 4 is 28.9 Å². The zero-order valence-corrected chi connectivity index (χ0v) is 14.9. The second kappa shape index (κ2) is 8.20. The van der Waals surface area contributed by atoms with E-state index in [0.29, 0.717) is 0 Å². The molecule has 11 heteroatoms. The van der Waals surface area contributed by atoms with Crippen LogP contribution in [0.3, 0.4) is 0 Å². The summed E-state index contributed by atoms with van der Waals surface area (Å²) in [6.45, 7) is -0.552. The van der Waals surface area contributed by atoms with E-state index in [1.54, 1.807) is 6.07 Å². The zero-order valence-electron chi connectivity index (χ0n) is 14.2. The van der Waals surface area contributed by atoms with E-state index < -0.39 is 34.2 Å². The number of nitriles is 1. The summed E-state index contributed by atoms with van der Waals surface area (Å²) < 4.78 is 11.0. The molecule has 0 saturated carbocycles. The summed E-state index contributed by atoms with van der Waals surface area (Å²) in [6.07, 6.45) is 0.891. The fraction of sp³-hybridized carbons (Fsp3) is 0.188. The van der Waals surface area contributed by atoms with Crippen molar-refractivity contribution in [3.8, 4) is 17.6 Å². The number of halogens is 1. The summed E-state index contributed by atoms with van der Waals surface area (Å²) in [5, 5.41) is 22.6. The lowest BCUT2D eigenvalue weighted by Gasteiger charge is -2.13. The third-order valence-corrected chi connectivity index (χ3v) is 3.76. The molecule has 1 aromatic heterocycles. The Labute approximate surface area is 157 Å². The van der Waals surface area contributed by atoms with Crippen molar-refractivity contribution in [3.63, 3.8) is 0 Å². The maximum absolute atomic E-state index is 12.3.